The van der Waals surface area contributed by atoms with Gasteiger partial charge in [0.15, 0.2) is 14.1 Å². The highest BCUT2D eigenvalue weighted by atomic mass is 28.4. The lowest BCUT2D eigenvalue weighted by atomic mass is 9.56. The summed E-state index contributed by atoms with van der Waals surface area (Å²) < 4.78 is 6.93. The van der Waals surface area contributed by atoms with Crippen LogP contribution in [0.3, 0.4) is 0 Å². The molecule has 0 radical (unpaired) electrons. The van der Waals surface area contributed by atoms with E-state index in [4.69, 9.17) is 4.43 Å². The third-order valence-corrected chi connectivity index (χ3v) is 11.9. The van der Waals surface area contributed by atoms with Crippen molar-refractivity contribution in [2.45, 2.75) is 84.5 Å². The second-order valence-electron chi connectivity index (χ2n) is 10.6. The van der Waals surface area contributed by atoms with Crippen molar-refractivity contribution < 1.29 is 9.22 Å². The van der Waals surface area contributed by atoms with Gasteiger partial charge in [0.1, 0.15) is 0 Å². The van der Waals surface area contributed by atoms with Gasteiger partial charge >= 0.3 is 0 Å². The molecule has 1 fully saturated rings. The van der Waals surface area contributed by atoms with Gasteiger partial charge in [0, 0.05) is 11.8 Å². The predicted molar refractivity (Wildman–Crippen MR) is 107 cm³/mol. The molecule has 0 N–H and O–H groups in total. The minimum atomic E-state index is -1.85. The van der Waals surface area contributed by atoms with E-state index in [0.717, 1.165) is 25.7 Å². The lowest BCUT2D eigenvalue weighted by Gasteiger charge is -2.53. The van der Waals surface area contributed by atoms with Crippen molar-refractivity contribution in [1.29, 1.82) is 0 Å². The molecule has 0 aromatic carbocycles. The Morgan fingerprint density at radius 1 is 1.16 bits per heavy atom. The van der Waals surface area contributed by atoms with E-state index in [-0.39, 0.29) is 28.4 Å². The molecule has 3 aliphatic carbocycles. The average molecular weight is 361 g/mol. The van der Waals surface area contributed by atoms with Gasteiger partial charge in [0.25, 0.3) is 0 Å². The Balaban J connectivity index is 1.97. The zero-order chi connectivity index (χ0) is 18.6. The SMILES string of the molecule is CC1(C)CC[C@@H](O[Si](C)(C)C(C)(C)C)C2C1=CCC1CC=CC(=O)C12. The number of allylic oxidation sites excluding steroid dienone is 3. The molecule has 4 atom stereocenters. The molecule has 3 rings (SSSR count). The maximum atomic E-state index is 12.8. The summed E-state index contributed by atoms with van der Waals surface area (Å²) >= 11 is 0. The first-order valence-corrected chi connectivity index (χ1v) is 12.9. The normalized spacial score (nSPS) is 35.0. The van der Waals surface area contributed by atoms with Gasteiger partial charge in [-0.15, -0.1) is 0 Å². The lowest BCUT2D eigenvalue weighted by molar-refractivity contribution is -0.125. The van der Waals surface area contributed by atoms with Crippen molar-refractivity contribution in [3.8, 4) is 0 Å². The van der Waals surface area contributed by atoms with Crippen molar-refractivity contribution in [3.05, 3.63) is 23.8 Å². The predicted octanol–water partition coefficient (Wildman–Crippen LogP) is 5.90. The molecule has 1 saturated carbocycles. The molecule has 0 amide bonds. The maximum absolute atomic E-state index is 12.8. The first kappa shape index (κ1) is 19.1. The zero-order valence-electron chi connectivity index (χ0n) is 17.2. The van der Waals surface area contributed by atoms with Crippen molar-refractivity contribution >= 4 is 14.1 Å². The largest absolute Gasteiger partial charge is 0.413 e. The average Bonchev–Trinajstić information content (AvgIpc) is 2.48. The van der Waals surface area contributed by atoms with Crippen LogP contribution >= 0.6 is 0 Å². The number of rotatable bonds is 2. The maximum Gasteiger partial charge on any atom is 0.192 e. The molecule has 3 aliphatic rings. The molecule has 0 heterocycles. The van der Waals surface area contributed by atoms with Gasteiger partial charge in [-0.2, -0.15) is 0 Å². The van der Waals surface area contributed by atoms with Gasteiger partial charge in [-0.3, -0.25) is 4.79 Å². The Morgan fingerprint density at radius 3 is 2.48 bits per heavy atom. The molecule has 3 heteroatoms. The summed E-state index contributed by atoms with van der Waals surface area (Å²) in [5.74, 6) is 1.24. The number of ketones is 1. The van der Waals surface area contributed by atoms with Crippen LogP contribution in [0.15, 0.2) is 23.8 Å². The fourth-order valence-corrected chi connectivity index (χ4v) is 6.22. The Kier molecular flexibility index (Phi) is 4.73. The monoisotopic (exact) mass is 360 g/mol. The summed E-state index contributed by atoms with van der Waals surface area (Å²) in [6, 6.07) is 0. The summed E-state index contributed by atoms with van der Waals surface area (Å²) in [4.78, 5) is 12.8. The zero-order valence-corrected chi connectivity index (χ0v) is 18.2. The summed E-state index contributed by atoms with van der Waals surface area (Å²) in [7, 11) is -1.85. The van der Waals surface area contributed by atoms with Crippen LogP contribution in [0.5, 0.6) is 0 Å². The molecule has 25 heavy (non-hydrogen) atoms. The van der Waals surface area contributed by atoms with E-state index in [1.54, 1.807) is 0 Å². The third kappa shape index (κ3) is 3.34. The molecule has 2 nitrogen and oxygen atoms in total. The third-order valence-electron chi connectivity index (χ3n) is 7.43. The summed E-state index contributed by atoms with van der Waals surface area (Å²) in [6.45, 7) is 16.3. The minimum Gasteiger partial charge on any atom is -0.413 e. The van der Waals surface area contributed by atoms with Gasteiger partial charge < -0.3 is 4.43 Å². The van der Waals surface area contributed by atoms with Crippen LogP contribution in [-0.2, 0) is 9.22 Å². The number of hydrogen-bond acceptors (Lipinski definition) is 2. The van der Waals surface area contributed by atoms with Crippen LogP contribution in [0.4, 0.5) is 0 Å². The standard InChI is InChI=1S/C22H36O2Si/c1-21(2,3)25(6,7)24-18-13-14-22(4,5)16-12-11-15-9-8-10-17(23)19(15)20(16)18/h8,10,12,15,18-20H,9,11,13-14H2,1-7H3/t15?,18-,19?,20?/m1/s1. The van der Waals surface area contributed by atoms with E-state index in [0.29, 0.717) is 11.7 Å². The fourth-order valence-electron chi connectivity index (χ4n) is 4.84. The molecule has 0 saturated heterocycles. The molecular weight excluding hydrogens is 324 g/mol. The first-order valence-electron chi connectivity index (χ1n) is 10.0. The van der Waals surface area contributed by atoms with Gasteiger partial charge in [-0.25, -0.2) is 0 Å². The second-order valence-corrected chi connectivity index (χ2v) is 15.3. The second kappa shape index (κ2) is 6.19. The Morgan fingerprint density at radius 2 is 1.84 bits per heavy atom. The number of hydrogen-bond donors (Lipinski definition) is 0. The molecule has 0 aromatic heterocycles. The quantitative estimate of drug-likeness (QED) is 0.452. The highest BCUT2D eigenvalue weighted by Crippen LogP contribution is 2.54. The number of carbonyl (C=O) groups is 1. The molecule has 0 aromatic rings. The topological polar surface area (TPSA) is 26.3 Å². The highest BCUT2D eigenvalue weighted by Gasteiger charge is 2.52. The molecular formula is C22H36O2Si. The Bertz CT molecular complexity index is 606. The van der Waals surface area contributed by atoms with Crippen LogP contribution in [0.25, 0.3) is 0 Å². The minimum absolute atomic E-state index is 0.138. The van der Waals surface area contributed by atoms with E-state index >= 15 is 0 Å². The van der Waals surface area contributed by atoms with Crippen LogP contribution in [0.2, 0.25) is 18.1 Å². The smallest absolute Gasteiger partial charge is 0.192 e. The van der Waals surface area contributed by atoms with Gasteiger partial charge in [0.05, 0.1) is 6.10 Å². The van der Waals surface area contributed by atoms with E-state index in [1.807, 2.05) is 6.08 Å². The van der Waals surface area contributed by atoms with Crippen molar-refractivity contribution in [3.63, 3.8) is 0 Å². The van der Waals surface area contributed by atoms with E-state index < -0.39 is 8.32 Å². The Labute approximate surface area is 155 Å². The summed E-state index contributed by atoms with van der Waals surface area (Å²) in [6.07, 6.45) is 11.0. The van der Waals surface area contributed by atoms with E-state index in [1.165, 1.54) is 5.57 Å². The van der Waals surface area contributed by atoms with E-state index in [9.17, 15) is 4.79 Å². The van der Waals surface area contributed by atoms with Crippen LogP contribution in [-0.4, -0.2) is 20.2 Å². The van der Waals surface area contributed by atoms with Gasteiger partial charge in [-0.1, -0.05) is 52.3 Å². The van der Waals surface area contributed by atoms with Crippen LogP contribution < -0.4 is 0 Å². The van der Waals surface area contributed by atoms with Crippen molar-refractivity contribution in [1.82, 2.24) is 0 Å². The molecule has 0 bridgehead atoms. The molecule has 0 aliphatic heterocycles. The summed E-state index contributed by atoms with van der Waals surface area (Å²) in [5.41, 5.74) is 1.71. The first-order chi connectivity index (χ1) is 11.4. The Hall–Kier alpha value is -0.673. The summed E-state index contributed by atoms with van der Waals surface area (Å²) in [5, 5.41) is 0.203. The van der Waals surface area contributed by atoms with Crippen LogP contribution in [0.1, 0.15) is 60.3 Å². The highest BCUT2D eigenvalue weighted by molar-refractivity contribution is 6.74. The molecule has 140 valence electrons. The molecule has 3 unspecified atom stereocenters. The van der Waals surface area contributed by atoms with E-state index in [2.05, 4.69) is 59.9 Å². The fraction of sp³-hybridized carbons (Fsp3) is 0.773. The molecule has 0 spiro atoms. The number of carbonyl (C=O) groups excluding carboxylic acids is 1. The lowest BCUT2D eigenvalue weighted by Crippen LogP contribution is -2.53. The van der Waals surface area contributed by atoms with Crippen molar-refractivity contribution in [2.75, 3.05) is 0 Å². The van der Waals surface area contributed by atoms with Gasteiger partial charge in [0.2, 0.25) is 0 Å². The van der Waals surface area contributed by atoms with Gasteiger partial charge in [-0.05, 0) is 61.2 Å². The number of fused-ring (bicyclic) bond motifs is 3. The van der Waals surface area contributed by atoms with Crippen LogP contribution in [0, 0.1) is 23.2 Å². The van der Waals surface area contributed by atoms with Crippen molar-refractivity contribution in [2.24, 2.45) is 23.2 Å².